The molecule has 0 heterocycles. The van der Waals surface area contributed by atoms with Gasteiger partial charge in [-0.3, -0.25) is 0 Å². The molecular weight excluding hydrogens is 312 g/mol. The fraction of sp³-hybridized carbons (Fsp3) is 0.727. The fourth-order valence-electron chi connectivity index (χ4n) is 3.29. The zero-order valence-electron chi connectivity index (χ0n) is 16.0. The van der Waals surface area contributed by atoms with Crippen LogP contribution in [0, 0.1) is 6.92 Å². The number of rotatable bonds is 15. The Morgan fingerprint density at radius 3 is 1.75 bits per heavy atom. The van der Waals surface area contributed by atoms with E-state index >= 15 is 0 Å². The van der Waals surface area contributed by atoms with Crippen molar-refractivity contribution < 1.29 is 5.11 Å². The van der Waals surface area contributed by atoms with Gasteiger partial charge in [0.1, 0.15) is 5.75 Å². The third-order valence-corrected chi connectivity index (χ3v) is 5.57. The molecule has 0 fully saturated rings. The summed E-state index contributed by atoms with van der Waals surface area (Å²) >= 11 is 1.97. The van der Waals surface area contributed by atoms with Gasteiger partial charge in [-0.05, 0) is 61.5 Å². The van der Waals surface area contributed by atoms with E-state index in [1.54, 1.807) is 0 Å². The minimum absolute atomic E-state index is 0.385. The van der Waals surface area contributed by atoms with Crippen molar-refractivity contribution in [1.82, 2.24) is 0 Å². The van der Waals surface area contributed by atoms with Crippen LogP contribution in [0.25, 0.3) is 0 Å². The van der Waals surface area contributed by atoms with Crippen LogP contribution in [0.4, 0.5) is 0 Å². The molecule has 0 bridgehead atoms. The van der Waals surface area contributed by atoms with Crippen LogP contribution >= 0.6 is 11.8 Å². The van der Waals surface area contributed by atoms with Crippen LogP contribution in [-0.4, -0.2) is 17.1 Å². The SMILES string of the molecule is CSCCCCCCCCCCCCCCc1ccc(O)cc1C. The minimum Gasteiger partial charge on any atom is -0.508 e. The van der Waals surface area contributed by atoms with Gasteiger partial charge in [-0.2, -0.15) is 11.8 Å². The van der Waals surface area contributed by atoms with E-state index in [1.807, 2.05) is 23.9 Å². The number of phenols is 1. The van der Waals surface area contributed by atoms with Crippen molar-refractivity contribution in [3.05, 3.63) is 29.3 Å². The van der Waals surface area contributed by atoms with E-state index in [1.165, 1.54) is 93.9 Å². The predicted octanol–water partition coefficient (Wildman–Crippen LogP) is 7.29. The summed E-state index contributed by atoms with van der Waals surface area (Å²) in [4.78, 5) is 0. The van der Waals surface area contributed by atoms with E-state index < -0.39 is 0 Å². The third-order valence-electron chi connectivity index (χ3n) is 4.87. The number of aryl methyl sites for hydroxylation is 2. The van der Waals surface area contributed by atoms with Crippen molar-refractivity contribution in [3.63, 3.8) is 0 Å². The summed E-state index contributed by atoms with van der Waals surface area (Å²) in [6.07, 6.45) is 20.2. The molecule has 1 rings (SSSR count). The average Bonchev–Trinajstić information content (AvgIpc) is 2.57. The molecule has 0 spiro atoms. The van der Waals surface area contributed by atoms with Gasteiger partial charge < -0.3 is 5.11 Å². The summed E-state index contributed by atoms with van der Waals surface area (Å²) in [6, 6.07) is 5.76. The molecule has 0 radical (unpaired) electrons. The normalized spacial score (nSPS) is 11.1. The molecule has 1 nitrogen and oxygen atoms in total. The maximum atomic E-state index is 9.43. The Bertz CT molecular complexity index is 416. The van der Waals surface area contributed by atoms with Crippen LogP contribution in [0.5, 0.6) is 5.75 Å². The predicted molar refractivity (Wildman–Crippen MR) is 110 cm³/mol. The third kappa shape index (κ3) is 11.0. The van der Waals surface area contributed by atoms with E-state index in [2.05, 4.69) is 19.2 Å². The van der Waals surface area contributed by atoms with Crippen LogP contribution in [-0.2, 0) is 6.42 Å². The Morgan fingerprint density at radius 1 is 0.750 bits per heavy atom. The second-order valence-electron chi connectivity index (χ2n) is 7.10. The highest BCUT2D eigenvalue weighted by Crippen LogP contribution is 2.18. The van der Waals surface area contributed by atoms with Gasteiger partial charge in [-0.25, -0.2) is 0 Å². The zero-order chi connectivity index (χ0) is 17.5. The topological polar surface area (TPSA) is 20.2 Å². The quantitative estimate of drug-likeness (QED) is 0.335. The molecule has 0 unspecified atom stereocenters. The molecule has 24 heavy (non-hydrogen) atoms. The number of thioether (sulfide) groups is 1. The highest BCUT2D eigenvalue weighted by molar-refractivity contribution is 7.98. The highest BCUT2D eigenvalue weighted by atomic mass is 32.2. The van der Waals surface area contributed by atoms with E-state index in [-0.39, 0.29) is 0 Å². The first-order valence-corrected chi connectivity index (χ1v) is 11.4. The van der Waals surface area contributed by atoms with Crippen molar-refractivity contribution in [2.75, 3.05) is 12.0 Å². The molecule has 0 aliphatic rings. The molecule has 0 aliphatic heterocycles. The van der Waals surface area contributed by atoms with Gasteiger partial charge in [0, 0.05) is 0 Å². The van der Waals surface area contributed by atoms with Crippen molar-refractivity contribution in [2.45, 2.75) is 90.4 Å². The molecule has 0 saturated carbocycles. The average molecular weight is 351 g/mol. The van der Waals surface area contributed by atoms with E-state index in [0.29, 0.717) is 5.75 Å². The van der Waals surface area contributed by atoms with Gasteiger partial charge in [0.15, 0.2) is 0 Å². The summed E-state index contributed by atoms with van der Waals surface area (Å²) in [5, 5.41) is 9.43. The maximum absolute atomic E-state index is 9.43. The Balaban J connectivity index is 1.84. The summed E-state index contributed by atoms with van der Waals surface area (Å²) in [6.45, 7) is 2.10. The molecule has 1 aromatic carbocycles. The molecule has 2 heteroatoms. The van der Waals surface area contributed by atoms with Crippen LogP contribution in [0.2, 0.25) is 0 Å². The molecule has 0 aromatic heterocycles. The largest absolute Gasteiger partial charge is 0.508 e. The number of unbranched alkanes of at least 4 members (excludes halogenated alkanes) is 11. The summed E-state index contributed by atoms with van der Waals surface area (Å²) in [5.41, 5.74) is 2.62. The Kier molecular flexibility index (Phi) is 13.1. The first kappa shape index (κ1) is 21.4. The lowest BCUT2D eigenvalue weighted by Gasteiger charge is -2.06. The lowest BCUT2D eigenvalue weighted by atomic mass is 10.0. The minimum atomic E-state index is 0.385. The molecule has 0 amide bonds. The number of aromatic hydroxyl groups is 1. The smallest absolute Gasteiger partial charge is 0.115 e. The lowest BCUT2D eigenvalue weighted by molar-refractivity contribution is 0.474. The van der Waals surface area contributed by atoms with Crippen molar-refractivity contribution in [1.29, 1.82) is 0 Å². The van der Waals surface area contributed by atoms with E-state index in [9.17, 15) is 5.11 Å². The van der Waals surface area contributed by atoms with Gasteiger partial charge in [-0.1, -0.05) is 70.3 Å². The van der Waals surface area contributed by atoms with E-state index in [0.717, 1.165) is 6.42 Å². The van der Waals surface area contributed by atoms with Gasteiger partial charge >= 0.3 is 0 Å². The number of phenolic OH excluding ortho intramolecular Hbond substituents is 1. The Hall–Kier alpha value is -0.630. The maximum Gasteiger partial charge on any atom is 0.115 e. The molecule has 0 atom stereocenters. The van der Waals surface area contributed by atoms with Gasteiger partial charge in [0.2, 0.25) is 0 Å². The monoisotopic (exact) mass is 350 g/mol. The highest BCUT2D eigenvalue weighted by Gasteiger charge is 2.00. The second kappa shape index (κ2) is 14.7. The molecule has 0 saturated heterocycles. The Labute approximate surface area is 154 Å². The van der Waals surface area contributed by atoms with Crippen LogP contribution in [0.1, 0.15) is 88.2 Å². The molecule has 1 N–H and O–H groups in total. The van der Waals surface area contributed by atoms with Crippen LogP contribution in [0.3, 0.4) is 0 Å². The van der Waals surface area contributed by atoms with Crippen molar-refractivity contribution >= 4 is 11.8 Å². The first-order chi connectivity index (χ1) is 11.7. The van der Waals surface area contributed by atoms with Crippen molar-refractivity contribution in [2.24, 2.45) is 0 Å². The summed E-state index contributed by atoms with van der Waals surface area (Å²) in [5.74, 6) is 1.72. The summed E-state index contributed by atoms with van der Waals surface area (Å²) in [7, 11) is 0. The molecule has 0 aliphatic carbocycles. The molecule has 1 aromatic rings. The number of hydrogen-bond donors (Lipinski definition) is 1. The van der Waals surface area contributed by atoms with Gasteiger partial charge in [0.25, 0.3) is 0 Å². The zero-order valence-corrected chi connectivity index (χ0v) is 16.8. The van der Waals surface area contributed by atoms with Gasteiger partial charge in [0.05, 0.1) is 0 Å². The Morgan fingerprint density at radius 2 is 1.25 bits per heavy atom. The second-order valence-corrected chi connectivity index (χ2v) is 8.08. The van der Waals surface area contributed by atoms with Crippen molar-refractivity contribution in [3.8, 4) is 5.75 Å². The lowest BCUT2D eigenvalue weighted by Crippen LogP contribution is -1.90. The van der Waals surface area contributed by atoms with Gasteiger partial charge in [-0.15, -0.1) is 0 Å². The van der Waals surface area contributed by atoms with E-state index in [4.69, 9.17) is 0 Å². The first-order valence-electron chi connectivity index (χ1n) is 10.0. The van der Waals surface area contributed by atoms with Crippen LogP contribution < -0.4 is 0 Å². The number of benzene rings is 1. The summed E-state index contributed by atoms with van der Waals surface area (Å²) < 4.78 is 0. The molecule has 138 valence electrons. The molecular formula is C22H38OS. The standard InChI is InChI=1S/C22H38OS/c1-20-19-22(23)17-16-21(20)15-13-11-9-7-5-3-4-6-8-10-12-14-18-24-2/h16-17,19,23H,3-15,18H2,1-2H3. The van der Waals surface area contributed by atoms with Crippen LogP contribution in [0.15, 0.2) is 18.2 Å². The fourth-order valence-corrected chi connectivity index (χ4v) is 3.78. The number of hydrogen-bond acceptors (Lipinski definition) is 2.